The van der Waals surface area contributed by atoms with Crippen LogP contribution in [0.25, 0.3) is 33.5 Å². The Labute approximate surface area is 171 Å². The van der Waals surface area contributed by atoms with Crippen molar-refractivity contribution in [3.63, 3.8) is 0 Å². The number of rotatable bonds is 4. The van der Waals surface area contributed by atoms with Crippen LogP contribution in [0.4, 0.5) is 4.39 Å². The first kappa shape index (κ1) is 17.8. The molecule has 5 aromatic rings. The fraction of sp³-hybridized carbons (Fsp3) is 0. The van der Waals surface area contributed by atoms with Crippen LogP contribution in [0.15, 0.2) is 85.7 Å². The molecule has 2 aromatic carbocycles. The Morgan fingerprint density at radius 2 is 1.93 bits per heavy atom. The lowest BCUT2D eigenvalue weighted by Gasteiger charge is -2.09. The molecule has 0 aliphatic rings. The minimum atomic E-state index is -0.662. The average Bonchev–Trinajstić information content (AvgIpc) is 3.42. The van der Waals surface area contributed by atoms with Crippen molar-refractivity contribution < 1.29 is 9.18 Å². The molecular weight excluding hydrogens is 381 g/mol. The van der Waals surface area contributed by atoms with Crippen molar-refractivity contribution in [2.45, 2.75) is 0 Å². The molecule has 0 saturated carbocycles. The van der Waals surface area contributed by atoms with Crippen LogP contribution < -0.4 is 5.73 Å². The lowest BCUT2D eigenvalue weighted by atomic mass is 10.1. The SMILES string of the molecule is NC(=O)c1ccc(-n2ccc3c(-n4cnc(-c5cccnc5)c4)cccc32)c(F)c1. The summed E-state index contributed by atoms with van der Waals surface area (Å²) < 4.78 is 18.3. The summed E-state index contributed by atoms with van der Waals surface area (Å²) >= 11 is 0. The van der Waals surface area contributed by atoms with Crippen LogP contribution in [-0.4, -0.2) is 25.0 Å². The first-order valence-electron chi connectivity index (χ1n) is 9.26. The van der Waals surface area contributed by atoms with E-state index < -0.39 is 11.7 Å². The van der Waals surface area contributed by atoms with E-state index in [0.29, 0.717) is 5.69 Å². The number of halogens is 1. The number of imidazole rings is 1. The third kappa shape index (κ3) is 2.93. The molecule has 0 bridgehead atoms. The monoisotopic (exact) mass is 397 g/mol. The number of amides is 1. The van der Waals surface area contributed by atoms with Gasteiger partial charge in [-0.2, -0.15) is 0 Å². The highest BCUT2D eigenvalue weighted by Crippen LogP contribution is 2.28. The largest absolute Gasteiger partial charge is 0.366 e. The second kappa shape index (κ2) is 6.97. The molecule has 2 N–H and O–H groups in total. The molecule has 30 heavy (non-hydrogen) atoms. The van der Waals surface area contributed by atoms with Gasteiger partial charge in [0.05, 0.1) is 28.9 Å². The predicted molar refractivity (Wildman–Crippen MR) is 112 cm³/mol. The quantitative estimate of drug-likeness (QED) is 0.496. The highest BCUT2D eigenvalue weighted by Gasteiger charge is 2.13. The number of pyridine rings is 1. The van der Waals surface area contributed by atoms with E-state index in [1.54, 1.807) is 35.6 Å². The molecule has 1 amide bonds. The van der Waals surface area contributed by atoms with Gasteiger partial charge in [-0.25, -0.2) is 9.37 Å². The van der Waals surface area contributed by atoms with Crippen molar-refractivity contribution in [1.29, 1.82) is 0 Å². The van der Waals surface area contributed by atoms with Crippen LogP contribution >= 0.6 is 0 Å². The summed E-state index contributed by atoms with van der Waals surface area (Å²) in [7, 11) is 0. The molecule has 6 nitrogen and oxygen atoms in total. The van der Waals surface area contributed by atoms with Crippen molar-refractivity contribution in [2.24, 2.45) is 5.73 Å². The summed E-state index contributed by atoms with van der Waals surface area (Å²) in [6, 6.07) is 15.8. The van der Waals surface area contributed by atoms with E-state index in [0.717, 1.165) is 33.9 Å². The van der Waals surface area contributed by atoms with E-state index in [4.69, 9.17) is 5.73 Å². The van der Waals surface area contributed by atoms with Gasteiger partial charge in [0.15, 0.2) is 0 Å². The predicted octanol–water partition coefficient (Wildman–Crippen LogP) is 4.12. The zero-order chi connectivity index (χ0) is 20.7. The van der Waals surface area contributed by atoms with Crippen LogP contribution in [0.5, 0.6) is 0 Å². The number of aromatic nitrogens is 4. The van der Waals surface area contributed by atoms with Crippen LogP contribution in [0.3, 0.4) is 0 Å². The van der Waals surface area contributed by atoms with Crippen molar-refractivity contribution in [2.75, 3.05) is 0 Å². The molecule has 0 radical (unpaired) electrons. The second-order valence-corrected chi connectivity index (χ2v) is 6.83. The van der Waals surface area contributed by atoms with Crippen molar-refractivity contribution in [1.82, 2.24) is 19.1 Å². The molecular formula is C23H16FN5O. The summed E-state index contributed by atoms with van der Waals surface area (Å²) in [5, 5.41) is 0.936. The van der Waals surface area contributed by atoms with Gasteiger partial charge in [-0.15, -0.1) is 0 Å². The third-order valence-corrected chi connectivity index (χ3v) is 5.02. The summed E-state index contributed by atoms with van der Waals surface area (Å²) in [4.78, 5) is 19.9. The Kier molecular flexibility index (Phi) is 4.14. The second-order valence-electron chi connectivity index (χ2n) is 6.83. The molecule has 0 spiro atoms. The van der Waals surface area contributed by atoms with Crippen molar-refractivity contribution in [3.05, 3.63) is 97.1 Å². The number of carbonyl (C=O) groups excluding carboxylic acids is 1. The van der Waals surface area contributed by atoms with E-state index >= 15 is 0 Å². The van der Waals surface area contributed by atoms with Gasteiger partial charge in [0.1, 0.15) is 5.82 Å². The summed E-state index contributed by atoms with van der Waals surface area (Å²) in [6.45, 7) is 0. The molecule has 0 aliphatic carbocycles. The lowest BCUT2D eigenvalue weighted by molar-refractivity contribution is 0.1000. The Balaban J connectivity index is 1.60. The summed E-state index contributed by atoms with van der Waals surface area (Å²) in [6.07, 6.45) is 8.97. The fourth-order valence-corrected chi connectivity index (χ4v) is 3.56. The Hall–Kier alpha value is -4.26. The van der Waals surface area contributed by atoms with Crippen molar-refractivity contribution >= 4 is 16.8 Å². The minimum absolute atomic E-state index is 0.134. The number of primary amides is 1. The topological polar surface area (TPSA) is 78.7 Å². The minimum Gasteiger partial charge on any atom is -0.366 e. The first-order valence-corrected chi connectivity index (χ1v) is 9.26. The van der Waals surface area contributed by atoms with E-state index in [2.05, 4.69) is 9.97 Å². The zero-order valence-corrected chi connectivity index (χ0v) is 15.7. The van der Waals surface area contributed by atoms with Gasteiger partial charge in [-0.05, 0) is 48.5 Å². The zero-order valence-electron chi connectivity index (χ0n) is 15.7. The molecule has 146 valence electrons. The molecule has 0 atom stereocenters. The maximum absolute atomic E-state index is 14.7. The van der Waals surface area contributed by atoms with Gasteiger partial charge in [0.25, 0.3) is 0 Å². The van der Waals surface area contributed by atoms with Crippen LogP contribution in [0, 0.1) is 5.82 Å². The normalized spacial score (nSPS) is 11.1. The molecule has 5 rings (SSSR count). The number of benzene rings is 2. The van der Waals surface area contributed by atoms with Gasteiger partial charge >= 0.3 is 0 Å². The van der Waals surface area contributed by atoms with Crippen LogP contribution in [0.2, 0.25) is 0 Å². The summed E-state index contributed by atoms with van der Waals surface area (Å²) in [5.74, 6) is -1.18. The van der Waals surface area contributed by atoms with Crippen LogP contribution in [-0.2, 0) is 0 Å². The third-order valence-electron chi connectivity index (χ3n) is 5.02. The van der Waals surface area contributed by atoms with E-state index in [-0.39, 0.29) is 5.56 Å². The molecule has 3 aromatic heterocycles. The fourth-order valence-electron chi connectivity index (χ4n) is 3.56. The van der Waals surface area contributed by atoms with E-state index in [1.165, 1.54) is 6.07 Å². The van der Waals surface area contributed by atoms with Gasteiger partial charge in [-0.1, -0.05) is 6.07 Å². The Bertz CT molecular complexity index is 1390. The number of fused-ring (bicyclic) bond motifs is 1. The summed E-state index contributed by atoms with van der Waals surface area (Å²) in [5.41, 5.74) is 9.21. The Morgan fingerprint density at radius 1 is 1.03 bits per heavy atom. The van der Waals surface area contributed by atoms with Crippen molar-refractivity contribution in [3.8, 4) is 22.6 Å². The molecule has 0 fully saturated rings. The Morgan fingerprint density at radius 3 is 2.70 bits per heavy atom. The maximum atomic E-state index is 14.7. The molecule has 0 unspecified atom stereocenters. The lowest BCUT2D eigenvalue weighted by Crippen LogP contribution is -2.11. The first-order chi connectivity index (χ1) is 14.6. The number of hydrogen-bond acceptors (Lipinski definition) is 3. The molecule has 0 saturated heterocycles. The highest BCUT2D eigenvalue weighted by atomic mass is 19.1. The number of hydrogen-bond donors (Lipinski definition) is 1. The average molecular weight is 397 g/mol. The maximum Gasteiger partial charge on any atom is 0.248 e. The standard InChI is InChI=1S/C23H16FN5O/c24-18-11-15(23(25)30)6-7-22(18)29-10-8-17-20(4-1-5-21(17)29)28-13-19(27-14-28)16-3-2-9-26-12-16/h1-14H,(H2,25,30). The number of carbonyl (C=O) groups is 1. The van der Waals surface area contributed by atoms with Crippen LogP contribution in [0.1, 0.15) is 10.4 Å². The van der Waals surface area contributed by atoms with Gasteiger partial charge in [0, 0.05) is 41.3 Å². The highest BCUT2D eigenvalue weighted by molar-refractivity contribution is 5.93. The number of nitrogens with two attached hydrogens (primary N) is 1. The molecule has 3 heterocycles. The molecule has 0 aliphatic heterocycles. The van der Waals surface area contributed by atoms with Gasteiger partial charge in [-0.3, -0.25) is 9.78 Å². The number of nitrogens with zero attached hydrogens (tertiary/aromatic N) is 4. The van der Waals surface area contributed by atoms with E-state index in [9.17, 15) is 9.18 Å². The van der Waals surface area contributed by atoms with Gasteiger partial charge in [0.2, 0.25) is 5.91 Å². The van der Waals surface area contributed by atoms with Gasteiger partial charge < -0.3 is 14.9 Å². The van der Waals surface area contributed by atoms with E-state index in [1.807, 2.05) is 47.2 Å². The smallest absolute Gasteiger partial charge is 0.248 e. The molecule has 7 heteroatoms.